The lowest BCUT2D eigenvalue weighted by Gasteiger charge is -2.26. The van der Waals surface area contributed by atoms with Crippen LogP contribution in [0.4, 0.5) is 0 Å². The molecule has 0 aliphatic carbocycles. The number of hydrogen-bond acceptors (Lipinski definition) is 2. The van der Waals surface area contributed by atoms with E-state index < -0.39 is 0 Å². The van der Waals surface area contributed by atoms with Gasteiger partial charge in [-0.25, -0.2) is 0 Å². The van der Waals surface area contributed by atoms with Crippen LogP contribution in [0, 0.1) is 11.8 Å². The third-order valence-electron chi connectivity index (χ3n) is 3.70. The van der Waals surface area contributed by atoms with Gasteiger partial charge in [0.05, 0.1) is 0 Å². The summed E-state index contributed by atoms with van der Waals surface area (Å²) in [5.41, 5.74) is 0. The summed E-state index contributed by atoms with van der Waals surface area (Å²) in [6.45, 7) is 10.8. The van der Waals surface area contributed by atoms with Crippen molar-refractivity contribution in [2.24, 2.45) is 11.8 Å². The SMILES string of the molecule is CCCC1CCN(CC(NC)C(C)C)C1. The molecule has 0 bridgehead atoms. The summed E-state index contributed by atoms with van der Waals surface area (Å²) in [6.07, 6.45) is 4.18. The standard InChI is InChI=1S/C13H28N2/c1-5-6-12-7-8-15(9-12)10-13(14-4)11(2)3/h11-14H,5-10H2,1-4H3. The normalized spacial score (nSPS) is 25.0. The number of nitrogens with one attached hydrogen (secondary N) is 1. The molecule has 0 aromatic heterocycles. The third-order valence-corrected chi connectivity index (χ3v) is 3.70. The molecule has 1 aliphatic heterocycles. The van der Waals surface area contributed by atoms with E-state index in [1.807, 2.05) is 0 Å². The zero-order chi connectivity index (χ0) is 11.3. The van der Waals surface area contributed by atoms with E-state index in [0.717, 1.165) is 11.8 Å². The zero-order valence-corrected chi connectivity index (χ0v) is 10.9. The van der Waals surface area contributed by atoms with Crippen molar-refractivity contribution < 1.29 is 0 Å². The van der Waals surface area contributed by atoms with E-state index in [9.17, 15) is 0 Å². The average molecular weight is 212 g/mol. The van der Waals surface area contributed by atoms with Crippen LogP contribution in [0.15, 0.2) is 0 Å². The van der Waals surface area contributed by atoms with E-state index >= 15 is 0 Å². The second kappa shape index (κ2) is 6.49. The van der Waals surface area contributed by atoms with Crippen molar-refractivity contribution in [1.82, 2.24) is 10.2 Å². The van der Waals surface area contributed by atoms with E-state index in [1.165, 1.54) is 38.9 Å². The minimum atomic E-state index is 0.658. The molecule has 2 atom stereocenters. The van der Waals surface area contributed by atoms with Crippen molar-refractivity contribution in [1.29, 1.82) is 0 Å². The Bertz CT molecular complexity index is 168. The van der Waals surface area contributed by atoms with Crippen molar-refractivity contribution >= 4 is 0 Å². The number of likely N-dealkylation sites (tertiary alicyclic amines) is 1. The third kappa shape index (κ3) is 4.12. The molecule has 1 rings (SSSR count). The highest BCUT2D eigenvalue weighted by Crippen LogP contribution is 2.21. The van der Waals surface area contributed by atoms with E-state index in [0.29, 0.717) is 6.04 Å². The molecule has 0 spiro atoms. The zero-order valence-electron chi connectivity index (χ0n) is 10.9. The molecule has 2 nitrogen and oxygen atoms in total. The molecule has 0 aromatic rings. The second-order valence-corrected chi connectivity index (χ2v) is 5.34. The molecule has 0 aromatic carbocycles. The van der Waals surface area contributed by atoms with Crippen LogP contribution in [-0.2, 0) is 0 Å². The first kappa shape index (κ1) is 13.0. The number of nitrogens with zero attached hydrogens (tertiary/aromatic N) is 1. The molecule has 1 saturated heterocycles. The van der Waals surface area contributed by atoms with Crippen LogP contribution >= 0.6 is 0 Å². The maximum Gasteiger partial charge on any atom is 0.0214 e. The fourth-order valence-corrected chi connectivity index (χ4v) is 2.64. The fraction of sp³-hybridized carbons (Fsp3) is 1.00. The van der Waals surface area contributed by atoms with Gasteiger partial charge in [-0.1, -0.05) is 27.2 Å². The van der Waals surface area contributed by atoms with E-state index in [-0.39, 0.29) is 0 Å². The Hall–Kier alpha value is -0.0800. The molecule has 1 N–H and O–H groups in total. The number of rotatable bonds is 6. The molecule has 90 valence electrons. The maximum atomic E-state index is 3.43. The Morgan fingerprint density at radius 2 is 2.13 bits per heavy atom. The van der Waals surface area contributed by atoms with Crippen molar-refractivity contribution in [3.63, 3.8) is 0 Å². The molecule has 1 fully saturated rings. The van der Waals surface area contributed by atoms with Gasteiger partial charge in [-0.2, -0.15) is 0 Å². The minimum absolute atomic E-state index is 0.658. The topological polar surface area (TPSA) is 15.3 Å². The fourth-order valence-electron chi connectivity index (χ4n) is 2.64. The first-order chi connectivity index (χ1) is 7.17. The van der Waals surface area contributed by atoms with Gasteiger partial charge in [-0.15, -0.1) is 0 Å². The summed E-state index contributed by atoms with van der Waals surface area (Å²) < 4.78 is 0. The van der Waals surface area contributed by atoms with Gasteiger partial charge in [0.2, 0.25) is 0 Å². The summed E-state index contributed by atoms with van der Waals surface area (Å²) >= 11 is 0. The Morgan fingerprint density at radius 1 is 1.40 bits per heavy atom. The second-order valence-electron chi connectivity index (χ2n) is 5.34. The summed E-state index contributed by atoms with van der Waals surface area (Å²) in [5.74, 6) is 1.71. The Labute approximate surface area is 95.4 Å². The molecule has 1 heterocycles. The molecular formula is C13H28N2. The highest BCUT2D eigenvalue weighted by atomic mass is 15.2. The van der Waals surface area contributed by atoms with Crippen LogP contribution < -0.4 is 5.32 Å². The summed E-state index contributed by atoms with van der Waals surface area (Å²) in [5, 5.41) is 3.43. The average Bonchev–Trinajstić information content (AvgIpc) is 2.62. The van der Waals surface area contributed by atoms with Gasteiger partial charge in [0.15, 0.2) is 0 Å². The number of hydrogen-bond donors (Lipinski definition) is 1. The molecule has 2 heteroatoms. The largest absolute Gasteiger partial charge is 0.315 e. The molecule has 1 aliphatic rings. The van der Waals surface area contributed by atoms with Crippen LogP contribution in [0.25, 0.3) is 0 Å². The molecule has 0 saturated carbocycles. The van der Waals surface area contributed by atoms with Crippen LogP contribution in [0.3, 0.4) is 0 Å². The lowest BCUT2D eigenvalue weighted by atomic mass is 10.0. The van der Waals surface area contributed by atoms with Crippen molar-refractivity contribution in [3.05, 3.63) is 0 Å². The highest BCUT2D eigenvalue weighted by Gasteiger charge is 2.24. The van der Waals surface area contributed by atoms with Gasteiger partial charge in [-0.3, -0.25) is 0 Å². The quantitative estimate of drug-likeness (QED) is 0.727. The summed E-state index contributed by atoms with van der Waals surface area (Å²) in [4.78, 5) is 2.64. The Morgan fingerprint density at radius 3 is 2.67 bits per heavy atom. The minimum Gasteiger partial charge on any atom is -0.315 e. The van der Waals surface area contributed by atoms with Gasteiger partial charge in [0.1, 0.15) is 0 Å². The van der Waals surface area contributed by atoms with E-state index in [4.69, 9.17) is 0 Å². The number of likely N-dealkylation sites (N-methyl/N-ethyl adjacent to an activating group) is 1. The smallest absolute Gasteiger partial charge is 0.0214 e. The lowest BCUT2D eigenvalue weighted by Crippen LogP contribution is -2.41. The van der Waals surface area contributed by atoms with Crippen LogP contribution in [0.5, 0.6) is 0 Å². The van der Waals surface area contributed by atoms with Crippen LogP contribution in [-0.4, -0.2) is 37.6 Å². The van der Waals surface area contributed by atoms with Crippen molar-refractivity contribution in [2.45, 2.75) is 46.1 Å². The van der Waals surface area contributed by atoms with E-state index in [2.05, 4.69) is 38.0 Å². The summed E-state index contributed by atoms with van der Waals surface area (Å²) in [6, 6.07) is 0.658. The maximum absolute atomic E-state index is 3.43. The molecule has 0 radical (unpaired) electrons. The highest BCUT2D eigenvalue weighted by molar-refractivity contribution is 4.80. The predicted octanol–water partition coefficient (Wildman–Crippen LogP) is 2.35. The van der Waals surface area contributed by atoms with E-state index in [1.54, 1.807) is 0 Å². The van der Waals surface area contributed by atoms with Gasteiger partial charge < -0.3 is 10.2 Å². The Balaban J connectivity index is 2.28. The molecule has 0 amide bonds. The van der Waals surface area contributed by atoms with Crippen molar-refractivity contribution in [3.8, 4) is 0 Å². The van der Waals surface area contributed by atoms with Crippen molar-refractivity contribution in [2.75, 3.05) is 26.7 Å². The van der Waals surface area contributed by atoms with Crippen LogP contribution in [0.1, 0.15) is 40.0 Å². The van der Waals surface area contributed by atoms with Gasteiger partial charge in [-0.05, 0) is 38.3 Å². The predicted molar refractivity (Wildman–Crippen MR) is 67.1 cm³/mol. The monoisotopic (exact) mass is 212 g/mol. The first-order valence-corrected chi connectivity index (χ1v) is 6.57. The molecule has 15 heavy (non-hydrogen) atoms. The Kier molecular flexibility index (Phi) is 5.62. The van der Waals surface area contributed by atoms with Gasteiger partial charge in [0.25, 0.3) is 0 Å². The molecule has 2 unspecified atom stereocenters. The summed E-state index contributed by atoms with van der Waals surface area (Å²) in [7, 11) is 2.09. The molecular weight excluding hydrogens is 184 g/mol. The van der Waals surface area contributed by atoms with Crippen LogP contribution in [0.2, 0.25) is 0 Å². The van der Waals surface area contributed by atoms with Gasteiger partial charge >= 0.3 is 0 Å². The van der Waals surface area contributed by atoms with Gasteiger partial charge in [0, 0.05) is 19.1 Å². The first-order valence-electron chi connectivity index (χ1n) is 6.57. The lowest BCUT2D eigenvalue weighted by molar-refractivity contribution is 0.254.